The number of hydrogen-bond donors (Lipinski definition) is 1. The Labute approximate surface area is 152 Å². The predicted molar refractivity (Wildman–Crippen MR) is 91.6 cm³/mol. The summed E-state index contributed by atoms with van der Waals surface area (Å²) in [5.41, 5.74) is -3.02. The number of carbonyl (C=O) groups is 1. The molecule has 0 aliphatic heterocycles. The number of amides is 1. The average Bonchev–Trinajstić information content (AvgIpc) is 2.55. The van der Waals surface area contributed by atoms with E-state index in [0.717, 1.165) is 29.1 Å². The maximum atomic E-state index is 13.2. The van der Waals surface area contributed by atoms with E-state index in [4.69, 9.17) is 0 Å². The van der Waals surface area contributed by atoms with Crippen LogP contribution in [0.4, 0.5) is 13.2 Å². The van der Waals surface area contributed by atoms with Gasteiger partial charge >= 0.3 is 6.18 Å². The summed E-state index contributed by atoms with van der Waals surface area (Å²) < 4.78 is 40.4. The van der Waals surface area contributed by atoms with Gasteiger partial charge in [-0.1, -0.05) is 52.3 Å². The van der Waals surface area contributed by atoms with Crippen LogP contribution in [0.15, 0.2) is 53.0 Å². The van der Waals surface area contributed by atoms with Crippen molar-refractivity contribution in [2.24, 2.45) is 0 Å². The van der Waals surface area contributed by atoms with Crippen molar-refractivity contribution >= 4 is 21.8 Å². The Bertz CT molecular complexity index is 775. The Morgan fingerprint density at radius 1 is 1.08 bits per heavy atom. The maximum Gasteiger partial charge on any atom is 0.416 e. The molecule has 0 saturated carbocycles. The normalized spacial score (nSPS) is 14.0. The van der Waals surface area contributed by atoms with E-state index in [0.29, 0.717) is 0 Å². The lowest BCUT2D eigenvalue weighted by molar-refractivity contribution is -0.153. The van der Waals surface area contributed by atoms with Gasteiger partial charge < -0.3 is 10.0 Å². The highest BCUT2D eigenvalue weighted by Crippen LogP contribution is 2.37. The average molecular weight is 416 g/mol. The third kappa shape index (κ3) is 4.22. The van der Waals surface area contributed by atoms with Crippen molar-refractivity contribution in [1.29, 1.82) is 0 Å². The molecule has 1 N–H and O–H groups in total. The highest BCUT2D eigenvalue weighted by atomic mass is 79.9. The summed E-state index contributed by atoms with van der Waals surface area (Å²) in [5, 5.41) is 10.6. The van der Waals surface area contributed by atoms with Crippen LogP contribution in [0.5, 0.6) is 0 Å². The fraction of sp³-hybridized carbons (Fsp3) is 0.278. The van der Waals surface area contributed by atoms with Crippen LogP contribution in [0, 0.1) is 0 Å². The minimum atomic E-state index is -4.66. The van der Waals surface area contributed by atoms with Gasteiger partial charge in [-0.15, -0.1) is 0 Å². The van der Waals surface area contributed by atoms with Crippen LogP contribution in [-0.4, -0.2) is 23.0 Å². The Balaban J connectivity index is 2.33. The molecule has 0 radical (unpaired) electrons. The first-order valence-electron chi connectivity index (χ1n) is 7.43. The Morgan fingerprint density at radius 3 is 2.16 bits per heavy atom. The number of hydrogen-bond acceptors (Lipinski definition) is 2. The van der Waals surface area contributed by atoms with Gasteiger partial charge in [0.1, 0.15) is 0 Å². The van der Waals surface area contributed by atoms with Crippen LogP contribution in [0.1, 0.15) is 23.6 Å². The van der Waals surface area contributed by atoms with Crippen molar-refractivity contribution in [3.63, 3.8) is 0 Å². The molecule has 2 aromatic rings. The lowest BCUT2D eigenvalue weighted by Gasteiger charge is -2.30. The van der Waals surface area contributed by atoms with Gasteiger partial charge in [0.15, 0.2) is 5.60 Å². The maximum absolute atomic E-state index is 13.2. The van der Waals surface area contributed by atoms with E-state index in [1.54, 1.807) is 18.2 Å². The van der Waals surface area contributed by atoms with Gasteiger partial charge in [0.05, 0.1) is 5.56 Å². The van der Waals surface area contributed by atoms with Crippen molar-refractivity contribution in [2.45, 2.75) is 25.2 Å². The number of rotatable bonds is 4. The first kappa shape index (κ1) is 19.5. The SMILES string of the molecule is CN(Cc1ccccc1Br)C(=O)[C@](C)(O)c1ccccc1C(F)(F)F. The minimum absolute atomic E-state index is 0.143. The summed E-state index contributed by atoms with van der Waals surface area (Å²) in [4.78, 5) is 13.9. The standard InChI is InChI=1S/C18H17BrF3NO2/c1-17(25,13-8-4-5-9-14(13)18(20,21)22)16(24)23(2)11-12-7-3-6-10-15(12)19/h3-10,25H,11H2,1-2H3/t17-/m1/s1. The zero-order valence-electron chi connectivity index (χ0n) is 13.6. The molecule has 2 aromatic carbocycles. The molecule has 2 rings (SSSR count). The Morgan fingerprint density at radius 2 is 1.60 bits per heavy atom. The number of nitrogens with zero attached hydrogens (tertiary/aromatic N) is 1. The molecule has 7 heteroatoms. The molecular weight excluding hydrogens is 399 g/mol. The summed E-state index contributed by atoms with van der Waals surface area (Å²) >= 11 is 3.36. The lowest BCUT2D eigenvalue weighted by Crippen LogP contribution is -2.44. The Kier molecular flexibility index (Phi) is 5.58. The molecular formula is C18H17BrF3NO2. The van der Waals surface area contributed by atoms with E-state index in [9.17, 15) is 23.1 Å². The highest BCUT2D eigenvalue weighted by Gasteiger charge is 2.43. The molecule has 25 heavy (non-hydrogen) atoms. The second-order valence-corrected chi connectivity index (χ2v) is 6.72. The molecule has 0 saturated heterocycles. The first-order valence-corrected chi connectivity index (χ1v) is 8.22. The minimum Gasteiger partial charge on any atom is -0.376 e. The molecule has 134 valence electrons. The molecule has 0 heterocycles. The summed E-state index contributed by atoms with van der Waals surface area (Å²) in [6, 6.07) is 11.7. The van der Waals surface area contributed by atoms with Crippen molar-refractivity contribution in [2.75, 3.05) is 7.05 Å². The monoisotopic (exact) mass is 415 g/mol. The molecule has 1 atom stereocenters. The second kappa shape index (κ2) is 7.17. The van der Waals surface area contributed by atoms with E-state index in [1.807, 2.05) is 6.07 Å². The van der Waals surface area contributed by atoms with E-state index in [1.165, 1.54) is 24.1 Å². The third-order valence-electron chi connectivity index (χ3n) is 3.89. The van der Waals surface area contributed by atoms with Gasteiger partial charge in [0.25, 0.3) is 5.91 Å². The van der Waals surface area contributed by atoms with Gasteiger partial charge in [-0.2, -0.15) is 13.2 Å². The van der Waals surface area contributed by atoms with Crippen LogP contribution < -0.4 is 0 Å². The topological polar surface area (TPSA) is 40.5 Å². The number of likely N-dealkylation sites (N-methyl/N-ethyl adjacent to an activating group) is 1. The molecule has 0 aromatic heterocycles. The van der Waals surface area contributed by atoms with Gasteiger partial charge in [-0.3, -0.25) is 4.79 Å². The van der Waals surface area contributed by atoms with E-state index >= 15 is 0 Å². The number of benzene rings is 2. The molecule has 0 fully saturated rings. The summed E-state index contributed by atoms with van der Waals surface area (Å²) in [7, 11) is 1.44. The highest BCUT2D eigenvalue weighted by molar-refractivity contribution is 9.10. The molecule has 0 bridgehead atoms. The van der Waals surface area contributed by atoms with Crippen molar-refractivity contribution in [3.05, 3.63) is 69.7 Å². The van der Waals surface area contributed by atoms with E-state index in [2.05, 4.69) is 15.9 Å². The summed E-state index contributed by atoms with van der Waals surface area (Å²) in [5.74, 6) is -0.819. The largest absolute Gasteiger partial charge is 0.416 e. The molecule has 1 amide bonds. The smallest absolute Gasteiger partial charge is 0.376 e. The van der Waals surface area contributed by atoms with E-state index < -0.39 is 28.8 Å². The predicted octanol–water partition coefficient (Wildman–Crippen LogP) is 4.33. The number of carbonyl (C=O) groups excluding carboxylic acids is 1. The van der Waals surface area contributed by atoms with Crippen LogP contribution in [0.2, 0.25) is 0 Å². The van der Waals surface area contributed by atoms with E-state index in [-0.39, 0.29) is 6.54 Å². The molecule has 3 nitrogen and oxygen atoms in total. The van der Waals surface area contributed by atoms with Gasteiger partial charge in [-0.05, 0) is 24.6 Å². The zero-order chi connectivity index (χ0) is 18.8. The third-order valence-corrected chi connectivity index (χ3v) is 4.66. The molecule has 0 aliphatic rings. The molecule has 0 aliphatic carbocycles. The molecule has 0 spiro atoms. The van der Waals surface area contributed by atoms with Gasteiger partial charge in [0, 0.05) is 23.6 Å². The zero-order valence-corrected chi connectivity index (χ0v) is 15.2. The number of halogens is 4. The van der Waals surface area contributed by atoms with Crippen molar-refractivity contribution in [1.82, 2.24) is 4.90 Å². The van der Waals surface area contributed by atoms with Crippen molar-refractivity contribution < 1.29 is 23.1 Å². The van der Waals surface area contributed by atoms with Gasteiger partial charge in [-0.25, -0.2) is 0 Å². The summed E-state index contributed by atoms with van der Waals surface area (Å²) in [6.07, 6.45) is -4.66. The fourth-order valence-corrected chi connectivity index (χ4v) is 3.01. The lowest BCUT2D eigenvalue weighted by atomic mass is 9.89. The quantitative estimate of drug-likeness (QED) is 0.806. The molecule has 0 unspecified atom stereocenters. The number of aliphatic hydroxyl groups is 1. The number of alkyl halides is 3. The summed E-state index contributed by atoms with van der Waals surface area (Å²) in [6.45, 7) is 1.22. The van der Waals surface area contributed by atoms with Gasteiger partial charge in [0.2, 0.25) is 0 Å². The Hall–Kier alpha value is -1.86. The first-order chi connectivity index (χ1) is 11.5. The van der Waals surface area contributed by atoms with Crippen LogP contribution in [-0.2, 0) is 23.1 Å². The van der Waals surface area contributed by atoms with Crippen molar-refractivity contribution in [3.8, 4) is 0 Å². The van der Waals surface area contributed by atoms with Crippen LogP contribution in [0.3, 0.4) is 0 Å². The fourth-order valence-electron chi connectivity index (χ4n) is 2.60. The second-order valence-electron chi connectivity index (χ2n) is 5.87. The van der Waals surface area contributed by atoms with Crippen LogP contribution >= 0.6 is 15.9 Å². The van der Waals surface area contributed by atoms with Crippen LogP contribution in [0.25, 0.3) is 0 Å².